The lowest BCUT2D eigenvalue weighted by atomic mass is 10.1. The fraction of sp³-hybridized carbons (Fsp3) is 1.00. The molecule has 1 aliphatic rings. The standard InChI is InChI=1S/C6H11F3N2/c7-6(8,9)11-3-1-2-5(10)4-11/h5H,1-4,10H2/t5-/m1/s1. The second kappa shape index (κ2) is 2.98. The van der Waals surface area contributed by atoms with Crippen molar-refractivity contribution >= 4 is 0 Å². The Hall–Kier alpha value is -0.290. The van der Waals surface area contributed by atoms with E-state index in [-0.39, 0.29) is 19.1 Å². The number of halogens is 3. The van der Waals surface area contributed by atoms with E-state index < -0.39 is 6.30 Å². The summed E-state index contributed by atoms with van der Waals surface area (Å²) in [6.07, 6.45) is -2.95. The molecule has 0 saturated carbocycles. The van der Waals surface area contributed by atoms with Crippen molar-refractivity contribution in [3.05, 3.63) is 0 Å². The van der Waals surface area contributed by atoms with Crippen LogP contribution in [-0.4, -0.2) is 30.3 Å². The molecule has 1 rings (SSSR count). The van der Waals surface area contributed by atoms with Gasteiger partial charge >= 0.3 is 6.30 Å². The van der Waals surface area contributed by atoms with E-state index in [0.29, 0.717) is 17.7 Å². The van der Waals surface area contributed by atoms with Crippen molar-refractivity contribution in [1.29, 1.82) is 0 Å². The van der Waals surface area contributed by atoms with Crippen molar-refractivity contribution in [2.75, 3.05) is 13.1 Å². The minimum Gasteiger partial charge on any atom is -0.327 e. The zero-order valence-electron chi connectivity index (χ0n) is 6.06. The molecular weight excluding hydrogens is 157 g/mol. The molecule has 1 saturated heterocycles. The molecule has 1 heterocycles. The Morgan fingerprint density at radius 2 is 2.00 bits per heavy atom. The lowest BCUT2D eigenvalue weighted by Crippen LogP contribution is -2.49. The predicted molar refractivity (Wildman–Crippen MR) is 34.8 cm³/mol. The van der Waals surface area contributed by atoms with E-state index in [1.807, 2.05) is 0 Å². The number of nitrogens with two attached hydrogens (primary N) is 1. The largest absolute Gasteiger partial charge is 0.459 e. The fourth-order valence-electron chi connectivity index (χ4n) is 1.24. The van der Waals surface area contributed by atoms with Gasteiger partial charge in [-0.1, -0.05) is 0 Å². The van der Waals surface area contributed by atoms with Crippen LogP contribution in [0.3, 0.4) is 0 Å². The van der Waals surface area contributed by atoms with Crippen molar-refractivity contribution in [3.63, 3.8) is 0 Å². The topological polar surface area (TPSA) is 29.3 Å². The maximum absolute atomic E-state index is 12.0. The van der Waals surface area contributed by atoms with Gasteiger partial charge in [-0.25, -0.2) is 4.90 Å². The Morgan fingerprint density at radius 3 is 2.36 bits per heavy atom. The number of rotatable bonds is 0. The first-order chi connectivity index (χ1) is 5.00. The van der Waals surface area contributed by atoms with Gasteiger partial charge in [-0.2, -0.15) is 13.2 Å². The van der Waals surface area contributed by atoms with Crippen LogP contribution in [0, 0.1) is 0 Å². The van der Waals surface area contributed by atoms with Gasteiger partial charge in [-0.15, -0.1) is 0 Å². The SMILES string of the molecule is N[C@@H]1CCCN(C(F)(F)F)C1. The molecule has 2 N–H and O–H groups in total. The minimum atomic E-state index is -4.20. The molecule has 0 unspecified atom stereocenters. The van der Waals surface area contributed by atoms with Gasteiger partial charge in [0.25, 0.3) is 0 Å². The van der Waals surface area contributed by atoms with Crippen LogP contribution in [0.4, 0.5) is 13.2 Å². The molecule has 0 aromatic carbocycles. The van der Waals surface area contributed by atoms with E-state index in [2.05, 4.69) is 0 Å². The van der Waals surface area contributed by atoms with Crippen LogP contribution in [-0.2, 0) is 0 Å². The van der Waals surface area contributed by atoms with Gasteiger partial charge < -0.3 is 5.73 Å². The monoisotopic (exact) mass is 168 g/mol. The lowest BCUT2D eigenvalue weighted by Gasteiger charge is -2.31. The number of hydrogen-bond acceptors (Lipinski definition) is 2. The quantitative estimate of drug-likeness (QED) is 0.545. The van der Waals surface area contributed by atoms with E-state index in [4.69, 9.17) is 5.73 Å². The van der Waals surface area contributed by atoms with Gasteiger partial charge in [0.15, 0.2) is 0 Å². The molecule has 0 spiro atoms. The second-order valence-corrected chi connectivity index (χ2v) is 2.82. The molecule has 5 heteroatoms. The van der Waals surface area contributed by atoms with Gasteiger partial charge in [-0.3, -0.25) is 0 Å². The summed E-state index contributed by atoms with van der Waals surface area (Å²) in [6, 6.07) is -0.314. The summed E-state index contributed by atoms with van der Waals surface area (Å²) in [7, 11) is 0. The Morgan fingerprint density at radius 1 is 1.36 bits per heavy atom. The Labute approximate surface area is 63.2 Å². The van der Waals surface area contributed by atoms with Crippen molar-refractivity contribution in [2.24, 2.45) is 5.73 Å². The predicted octanol–water partition coefficient (Wildman–Crippen LogP) is 0.929. The van der Waals surface area contributed by atoms with Gasteiger partial charge in [-0.05, 0) is 12.8 Å². The second-order valence-electron chi connectivity index (χ2n) is 2.82. The Bertz CT molecular complexity index is 134. The highest BCUT2D eigenvalue weighted by Gasteiger charge is 2.38. The number of piperidine rings is 1. The Balaban J connectivity index is 2.46. The van der Waals surface area contributed by atoms with Gasteiger partial charge in [0, 0.05) is 19.1 Å². The van der Waals surface area contributed by atoms with Gasteiger partial charge in [0.1, 0.15) is 0 Å². The molecule has 0 aliphatic carbocycles. The molecular formula is C6H11F3N2. The number of alkyl halides is 3. The van der Waals surface area contributed by atoms with Gasteiger partial charge in [0.2, 0.25) is 0 Å². The number of nitrogens with zero attached hydrogens (tertiary/aromatic N) is 1. The molecule has 11 heavy (non-hydrogen) atoms. The van der Waals surface area contributed by atoms with Crippen LogP contribution in [0.15, 0.2) is 0 Å². The van der Waals surface area contributed by atoms with Crippen LogP contribution in [0.5, 0.6) is 0 Å². The Kier molecular flexibility index (Phi) is 2.39. The van der Waals surface area contributed by atoms with Crippen LogP contribution in [0.1, 0.15) is 12.8 Å². The molecule has 0 amide bonds. The van der Waals surface area contributed by atoms with Crippen LogP contribution in [0.2, 0.25) is 0 Å². The van der Waals surface area contributed by atoms with Crippen LogP contribution in [0.25, 0.3) is 0 Å². The maximum atomic E-state index is 12.0. The summed E-state index contributed by atoms with van der Waals surface area (Å²) in [6.45, 7) is 0.0424. The highest BCUT2D eigenvalue weighted by atomic mass is 19.4. The van der Waals surface area contributed by atoms with Crippen LogP contribution < -0.4 is 5.73 Å². The minimum absolute atomic E-state index is 0.0521. The van der Waals surface area contributed by atoms with Crippen molar-refractivity contribution in [3.8, 4) is 0 Å². The third-order valence-electron chi connectivity index (χ3n) is 1.82. The first-order valence-corrected chi connectivity index (χ1v) is 3.57. The van der Waals surface area contributed by atoms with E-state index in [1.54, 1.807) is 0 Å². The maximum Gasteiger partial charge on any atom is 0.459 e. The molecule has 0 aromatic rings. The normalized spacial score (nSPS) is 28.9. The molecule has 0 aromatic heterocycles. The highest BCUT2D eigenvalue weighted by Crippen LogP contribution is 2.24. The average Bonchev–Trinajstić information content (AvgIpc) is 1.86. The summed E-state index contributed by atoms with van der Waals surface area (Å²) in [5, 5.41) is 0. The smallest absolute Gasteiger partial charge is 0.327 e. The van der Waals surface area contributed by atoms with E-state index in [0.717, 1.165) is 0 Å². The first-order valence-electron chi connectivity index (χ1n) is 3.57. The summed E-state index contributed by atoms with van der Waals surface area (Å²) in [4.78, 5) is 0.473. The average molecular weight is 168 g/mol. The van der Waals surface area contributed by atoms with E-state index in [1.165, 1.54) is 0 Å². The summed E-state index contributed by atoms with van der Waals surface area (Å²) < 4.78 is 36.0. The fourth-order valence-corrected chi connectivity index (χ4v) is 1.24. The summed E-state index contributed by atoms with van der Waals surface area (Å²) in [5.41, 5.74) is 5.38. The molecule has 1 atom stereocenters. The van der Waals surface area contributed by atoms with Crippen molar-refractivity contribution in [1.82, 2.24) is 4.90 Å². The third kappa shape index (κ3) is 2.34. The molecule has 1 aliphatic heterocycles. The summed E-state index contributed by atoms with van der Waals surface area (Å²) in [5.74, 6) is 0. The molecule has 2 nitrogen and oxygen atoms in total. The molecule has 0 radical (unpaired) electrons. The third-order valence-corrected chi connectivity index (χ3v) is 1.82. The zero-order chi connectivity index (χ0) is 8.48. The van der Waals surface area contributed by atoms with E-state index >= 15 is 0 Å². The van der Waals surface area contributed by atoms with Crippen molar-refractivity contribution in [2.45, 2.75) is 25.2 Å². The number of likely N-dealkylation sites (tertiary alicyclic amines) is 1. The summed E-state index contributed by atoms with van der Waals surface area (Å²) >= 11 is 0. The molecule has 66 valence electrons. The first kappa shape index (κ1) is 8.80. The van der Waals surface area contributed by atoms with Crippen molar-refractivity contribution < 1.29 is 13.2 Å². The lowest BCUT2D eigenvalue weighted by molar-refractivity contribution is -0.250. The molecule has 0 bridgehead atoms. The van der Waals surface area contributed by atoms with Gasteiger partial charge in [0.05, 0.1) is 0 Å². The van der Waals surface area contributed by atoms with E-state index in [9.17, 15) is 13.2 Å². The van der Waals surface area contributed by atoms with Crippen LogP contribution >= 0.6 is 0 Å². The zero-order valence-corrected chi connectivity index (χ0v) is 6.06. The molecule has 1 fully saturated rings. The number of hydrogen-bond donors (Lipinski definition) is 1. The highest BCUT2D eigenvalue weighted by molar-refractivity contribution is 4.75.